The molecule has 0 bridgehead atoms. The van der Waals surface area contributed by atoms with Gasteiger partial charge in [-0.25, -0.2) is 9.18 Å². The summed E-state index contributed by atoms with van der Waals surface area (Å²) in [7, 11) is 0. The highest BCUT2D eigenvalue weighted by atomic mass is 19.1. The molecule has 0 heterocycles. The third-order valence-corrected chi connectivity index (χ3v) is 4.03. The molecular weight excluding hydrogens is 255 g/mol. The molecule has 2 aromatic carbocycles. The van der Waals surface area contributed by atoms with Gasteiger partial charge in [0.1, 0.15) is 5.82 Å². The van der Waals surface area contributed by atoms with Gasteiger partial charge in [-0.15, -0.1) is 0 Å². The van der Waals surface area contributed by atoms with Crippen molar-refractivity contribution in [3.8, 4) is 11.1 Å². The molecule has 3 heteroatoms. The molecule has 0 unspecified atom stereocenters. The molecule has 2 aromatic rings. The van der Waals surface area contributed by atoms with Gasteiger partial charge in [0, 0.05) is 5.56 Å². The standard InChI is InChI=1S/C17H15FO2/c18-16-14(9-4-10-15(16)17(19)20)13-8-2-1-7-12(13)11-5-3-6-11/h1-2,4,7-11H,3,5-6H2,(H,19,20). The Morgan fingerprint density at radius 2 is 1.75 bits per heavy atom. The fourth-order valence-electron chi connectivity index (χ4n) is 2.72. The van der Waals surface area contributed by atoms with Gasteiger partial charge in [0.15, 0.2) is 0 Å². The normalized spacial score (nSPS) is 14.8. The molecule has 3 rings (SSSR count). The molecule has 1 aliphatic rings. The van der Waals surface area contributed by atoms with Gasteiger partial charge in [0.05, 0.1) is 5.56 Å². The molecule has 2 nitrogen and oxygen atoms in total. The molecule has 0 aliphatic heterocycles. The minimum atomic E-state index is -1.23. The number of benzene rings is 2. The Bertz CT molecular complexity index is 660. The molecule has 20 heavy (non-hydrogen) atoms. The van der Waals surface area contributed by atoms with Crippen molar-refractivity contribution in [1.82, 2.24) is 0 Å². The zero-order valence-corrected chi connectivity index (χ0v) is 11.0. The van der Waals surface area contributed by atoms with Crippen LogP contribution in [0.4, 0.5) is 4.39 Å². The van der Waals surface area contributed by atoms with E-state index in [2.05, 4.69) is 0 Å². The topological polar surface area (TPSA) is 37.3 Å². The quantitative estimate of drug-likeness (QED) is 0.894. The largest absolute Gasteiger partial charge is 0.478 e. The van der Waals surface area contributed by atoms with Crippen molar-refractivity contribution in [3.05, 3.63) is 59.4 Å². The minimum Gasteiger partial charge on any atom is -0.478 e. The molecule has 1 fully saturated rings. The molecular formula is C17H15FO2. The molecule has 0 amide bonds. The lowest BCUT2D eigenvalue weighted by molar-refractivity contribution is 0.0692. The number of hydrogen-bond acceptors (Lipinski definition) is 1. The number of aromatic carboxylic acids is 1. The molecule has 0 radical (unpaired) electrons. The maximum Gasteiger partial charge on any atom is 0.338 e. The fourth-order valence-corrected chi connectivity index (χ4v) is 2.72. The minimum absolute atomic E-state index is 0.272. The number of carbonyl (C=O) groups is 1. The summed E-state index contributed by atoms with van der Waals surface area (Å²) in [6.45, 7) is 0. The SMILES string of the molecule is O=C(O)c1cccc(-c2ccccc2C2CCC2)c1F. The van der Waals surface area contributed by atoms with Crippen LogP contribution >= 0.6 is 0 Å². The summed E-state index contributed by atoms with van der Waals surface area (Å²) in [4.78, 5) is 11.1. The van der Waals surface area contributed by atoms with Gasteiger partial charge in [-0.1, -0.05) is 42.8 Å². The van der Waals surface area contributed by atoms with Crippen molar-refractivity contribution < 1.29 is 14.3 Å². The third-order valence-electron chi connectivity index (χ3n) is 4.03. The third kappa shape index (κ3) is 2.09. The van der Waals surface area contributed by atoms with Gasteiger partial charge >= 0.3 is 5.97 Å². The first kappa shape index (κ1) is 12.9. The van der Waals surface area contributed by atoms with Crippen molar-refractivity contribution >= 4 is 5.97 Å². The Morgan fingerprint density at radius 3 is 2.40 bits per heavy atom. The fraction of sp³-hybridized carbons (Fsp3) is 0.235. The monoisotopic (exact) mass is 270 g/mol. The van der Waals surface area contributed by atoms with Crippen LogP contribution in [0.3, 0.4) is 0 Å². The average molecular weight is 270 g/mol. The zero-order chi connectivity index (χ0) is 14.1. The number of carboxylic acid groups (broad SMARTS) is 1. The van der Waals surface area contributed by atoms with Crippen LogP contribution in [-0.4, -0.2) is 11.1 Å². The lowest BCUT2D eigenvalue weighted by atomic mass is 9.77. The highest BCUT2D eigenvalue weighted by Gasteiger charge is 2.24. The van der Waals surface area contributed by atoms with Gasteiger partial charge in [-0.3, -0.25) is 0 Å². The second-order valence-electron chi connectivity index (χ2n) is 5.19. The van der Waals surface area contributed by atoms with Crippen LogP contribution in [0.15, 0.2) is 42.5 Å². The maximum absolute atomic E-state index is 14.4. The zero-order valence-electron chi connectivity index (χ0n) is 11.0. The molecule has 0 spiro atoms. The van der Waals surface area contributed by atoms with Crippen molar-refractivity contribution in [2.45, 2.75) is 25.2 Å². The van der Waals surface area contributed by atoms with E-state index in [-0.39, 0.29) is 5.56 Å². The van der Waals surface area contributed by atoms with E-state index in [1.165, 1.54) is 12.5 Å². The van der Waals surface area contributed by atoms with E-state index in [0.29, 0.717) is 11.5 Å². The van der Waals surface area contributed by atoms with E-state index >= 15 is 0 Å². The Hall–Kier alpha value is -2.16. The second kappa shape index (κ2) is 5.08. The number of hydrogen-bond donors (Lipinski definition) is 1. The first-order chi connectivity index (χ1) is 9.68. The summed E-state index contributed by atoms with van der Waals surface area (Å²) < 4.78 is 14.4. The molecule has 0 aromatic heterocycles. The molecule has 1 N–H and O–H groups in total. The Balaban J connectivity index is 2.14. The van der Waals surface area contributed by atoms with E-state index in [1.54, 1.807) is 12.1 Å². The molecule has 0 atom stereocenters. The summed E-state index contributed by atoms with van der Waals surface area (Å²) in [6, 6.07) is 12.3. The predicted octanol–water partition coefficient (Wildman–Crippen LogP) is 4.46. The van der Waals surface area contributed by atoms with Crippen LogP contribution in [0.2, 0.25) is 0 Å². The average Bonchev–Trinajstić information content (AvgIpc) is 2.38. The Morgan fingerprint density at radius 1 is 1.05 bits per heavy atom. The summed E-state index contributed by atoms with van der Waals surface area (Å²) in [5.74, 6) is -1.41. The summed E-state index contributed by atoms with van der Waals surface area (Å²) in [6.07, 6.45) is 3.45. The second-order valence-corrected chi connectivity index (χ2v) is 5.19. The van der Waals surface area contributed by atoms with Gasteiger partial charge in [-0.2, -0.15) is 0 Å². The van der Waals surface area contributed by atoms with Crippen molar-refractivity contribution in [2.75, 3.05) is 0 Å². The van der Waals surface area contributed by atoms with E-state index in [9.17, 15) is 9.18 Å². The Labute approximate surface area is 116 Å². The van der Waals surface area contributed by atoms with Gasteiger partial charge < -0.3 is 5.11 Å². The first-order valence-corrected chi connectivity index (χ1v) is 6.79. The van der Waals surface area contributed by atoms with E-state index in [4.69, 9.17) is 5.11 Å². The van der Waals surface area contributed by atoms with E-state index < -0.39 is 11.8 Å². The van der Waals surface area contributed by atoms with Crippen LogP contribution in [0.25, 0.3) is 11.1 Å². The summed E-state index contributed by atoms with van der Waals surface area (Å²) >= 11 is 0. The smallest absolute Gasteiger partial charge is 0.338 e. The molecule has 1 saturated carbocycles. The number of halogens is 1. The molecule has 102 valence electrons. The van der Waals surface area contributed by atoms with Crippen molar-refractivity contribution in [1.29, 1.82) is 0 Å². The highest BCUT2D eigenvalue weighted by Crippen LogP contribution is 2.41. The Kier molecular flexibility index (Phi) is 3.26. The highest BCUT2D eigenvalue weighted by molar-refractivity contribution is 5.90. The lowest BCUT2D eigenvalue weighted by Crippen LogP contribution is -2.10. The summed E-state index contributed by atoms with van der Waals surface area (Å²) in [5, 5.41) is 9.03. The number of carboxylic acids is 1. The van der Waals surface area contributed by atoms with Gasteiger partial charge in [0.25, 0.3) is 0 Å². The van der Waals surface area contributed by atoms with Crippen LogP contribution in [0.5, 0.6) is 0 Å². The van der Waals surface area contributed by atoms with Crippen molar-refractivity contribution in [3.63, 3.8) is 0 Å². The lowest BCUT2D eigenvalue weighted by Gasteiger charge is -2.28. The molecule has 1 aliphatic carbocycles. The van der Waals surface area contributed by atoms with Crippen LogP contribution in [-0.2, 0) is 0 Å². The van der Waals surface area contributed by atoms with E-state index in [0.717, 1.165) is 24.0 Å². The van der Waals surface area contributed by atoms with Gasteiger partial charge in [0.2, 0.25) is 0 Å². The van der Waals surface area contributed by atoms with E-state index in [1.807, 2.05) is 24.3 Å². The maximum atomic E-state index is 14.4. The van der Waals surface area contributed by atoms with Crippen LogP contribution in [0, 0.1) is 5.82 Å². The van der Waals surface area contributed by atoms with Crippen LogP contribution in [0.1, 0.15) is 41.1 Å². The van der Waals surface area contributed by atoms with Gasteiger partial charge in [-0.05, 0) is 36.0 Å². The predicted molar refractivity (Wildman–Crippen MR) is 75.4 cm³/mol. The van der Waals surface area contributed by atoms with Crippen molar-refractivity contribution in [2.24, 2.45) is 0 Å². The number of rotatable bonds is 3. The molecule has 0 saturated heterocycles. The first-order valence-electron chi connectivity index (χ1n) is 6.79. The van der Waals surface area contributed by atoms with Crippen LogP contribution < -0.4 is 0 Å². The summed E-state index contributed by atoms with van der Waals surface area (Å²) in [5.41, 5.74) is 2.05.